The number of hydrogen-bond acceptors (Lipinski definition) is 0. The van der Waals surface area contributed by atoms with Gasteiger partial charge in [-0.1, -0.05) is 79.9 Å². The monoisotopic (exact) mass is 315 g/mol. The molecular formula is C23H25N. The molecule has 1 aromatic heterocycles. The van der Waals surface area contributed by atoms with Crippen LogP contribution in [0.3, 0.4) is 0 Å². The molecule has 0 atom stereocenters. The van der Waals surface area contributed by atoms with Gasteiger partial charge in [-0.2, -0.15) is 0 Å². The third kappa shape index (κ3) is 2.80. The Morgan fingerprint density at radius 3 is 2.33 bits per heavy atom. The lowest BCUT2D eigenvalue weighted by molar-refractivity contribution is 0.430. The van der Waals surface area contributed by atoms with Crippen LogP contribution >= 0.6 is 0 Å². The number of rotatable bonds is 3. The number of aromatic nitrogens is 1. The number of fused-ring (bicyclic) bond motifs is 1. The van der Waals surface area contributed by atoms with Crippen LogP contribution in [0.1, 0.15) is 54.8 Å². The lowest BCUT2D eigenvalue weighted by atomic mass is 9.85. The largest absolute Gasteiger partial charge is 0.347 e. The van der Waals surface area contributed by atoms with Gasteiger partial charge in [-0.3, -0.25) is 0 Å². The Labute approximate surface area is 144 Å². The van der Waals surface area contributed by atoms with Crippen molar-refractivity contribution < 1.29 is 0 Å². The molecule has 1 fully saturated rings. The van der Waals surface area contributed by atoms with E-state index in [1.807, 2.05) is 0 Å². The van der Waals surface area contributed by atoms with Gasteiger partial charge in [-0.25, -0.2) is 0 Å². The first-order chi connectivity index (χ1) is 11.8. The molecule has 3 aromatic rings. The van der Waals surface area contributed by atoms with E-state index in [9.17, 15) is 0 Å². The molecule has 1 heteroatoms. The fraction of sp³-hybridized carbons (Fsp3) is 0.304. The second-order valence-corrected chi connectivity index (χ2v) is 6.95. The van der Waals surface area contributed by atoms with Gasteiger partial charge in [-0.05, 0) is 30.4 Å². The minimum atomic E-state index is 0.701. The summed E-state index contributed by atoms with van der Waals surface area (Å²) in [7, 11) is 2.24. The van der Waals surface area contributed by atoms with Crippen molar-refractivity contribution in [3.05, 3.63) is 71.4 Å². The topological polar surface area (TPSA) is 4.93 Å². The minimum Gasteiger partial charge on any atom is -0.347 e. The molecule has 2 aromatic carbocycles. The molecule has 0 bridgehead atoms. The van der Waals surface area contributed by atoms with Gasteiger partial charge < -0.3 is 4.57 Å². The molecule has 24 heavy (non-hydrogen) atoms. The van der Waals surface area contributed by atoms with Crippen molar-refractivity contribution in [1.29, 1.82) is 0 Å². The molecule has 1 aliphatic carbocycles. The Hall–Kier alpha value is -2.28. The molecule has 0 spiro atoms. The molecule has 1 saturated carbocycles. The predicted octanol–water partition coefficient (Wildman–Crippen LogP) is 6.40. The van der Waals surface area contributed by atoms with E-state index < -0.39 is 0 Å². The Morgan fingerprint density at radius 2 is 1.54 bits per heavy atom. The van der Waals surface area contributed by atoms with Crippen LogP contribution in [0, 0.1) is 0 Å². The molecule has 1 heterocycles. The molecule has 0 saturated heterocycles. The van der Waals surface area contributed by atoms with Crippen molar-refractivity contribution in [2.75, 3.05) is 0 Å². The van der Waals surface area contributed by atoms with Crippen LogP contribution in [0.25, 0.3) is 23.1 Å². The maximum absolute atomic E-state index is 2.44. The van der Waals surface area contributed by atoms with Crippen LogP contribution in [-0.2, 0) is 7.05 Å². The van der Waals surface area contributed by atoms with Crippen LogP contribution in [0.2, 0.25) is 0 Å². The highest BCUT2D eigenvalue weighted by molar-refractivity contribution is 5.94. The molecule has 0 unspecified atom stereocenters. The van der Waals surface area contributed by atoms with E-state index in [1.54, 1.807) is 0 Å². The SMILES string of the molecule is Cn1c(C2CCCCC2)c(/C=C/c2ccccc2)c2ccccc21. The molecule has 1 nitrogen and oxygen atoms in total. The normalized spacial score (nSPS) is 16.2. The second-order valence-electron chi connectivity index (χ2n) is 6.95. The highest BCUT2D eigenvalue weighted by Crippen LogP contribution is 2.39. The van der Waals surface area contributed by atoms with E-state index in [-0.39, 0.29) is 0 Å². The molecule has 1 aliphatic rings. The van der Waals surface area contributed by atoms with Crippen molar-refractivity contribution in [1.82, 2.24) is 4.57 Å². The summed E-state index contributed by atoms with van der Waals surface area (Å²) in [4.78, 5) is 0. The highest BCUT2D eigenvalue weighted by atomic mass is 15.0. The summed E-state index contributed by atoms with van der Waals surface area (Å²) in [6, 6.07) is 19.4. The zero-order valence-corrected chi connectivity index (χ0v) is 14.4. The third-order valence-electron chi connectivity index (χ3n) is 5.43. The molecule has 0 N–H and O–H groups in total. The highest BCUT2D eigenvalue weighted by Gasteiger charge is 2.23. The van der Waals surface area contributed by atoms with Gasteiger partial charge in [0.2, 0.25) is 0 Å². The van der Waals surface area contributed by atoms with Gasteiger partial charge in [0.15, 0.2) is 0 Å². The number of benzene rings is 2. The maximum Gasteiger partial charge on any atom is 0.0486 e. The van der Waals surface area contributed by atoms with Gasteiger partial charge in [-0.15, -0.1) is 0 Å². The van der Waals surface area contributed by atoms with Gasteiger partial charge in [0.05, 0.1) is 0 Å². The van der Waals surface area contributed by atoms with E-state index in [1.165, 1.54) is 59.8 Å². The van der Waals surface area contributed by atoms with Gasteiger partial charge >= 0.3 is 0 Å². The Morgan fingerprint density at radius 1 is 0.833 bits per heavy atom. The summed E-state index contributed by atoms with van der Waals surface area (Å²) in [5, 5.41) is 1.38. The predicted molar refractivity (Wildman–Crippen MR) is 104 cm³/mol. The van der Waals surface area contributed by atoms with E-state index in [4.69, 9.17) is 0 Å². The lowest BCUT2D eigenvalue weighted by Gasteiger charge is -2.23. The van der Waals surface area contributed by atoms with Crippen LogP contribution in [0.5, 0.6) is 0 Å². The van der Waals surface area contributed by atoms with Crippen molar-refractivity contribution in [2.24, 2.45) is 7.05 Å². The number of hydrogen-bond donors (Lipinski definition) is 0. The number of aryl methyl sites for hydroxylation is 1. The van der Waals surface area contributed by atoms with Crippen molar-refractivity contribution in [2.45, 2.75) is 38.0 Å². The zero-order valence-electron chi connectivity index (χ0n) is 14.4. The first kappa shape index (κ1) is 15.3. The Kier molecular flexibility index (Phi) is 4.25. The van der Waals surface area contributed by atoms with E-state index >= 15 is 0 Å². The summed E-state index contributed by atoms with van der Waals surface area (Å²) >= 11 is 0. The smallest absolute Gasteiger partial charge is 0.0486 e. The summed E-state index contributed by atoms with van der Waals surface area (Å²) in [5.41, 5.74) is 5.57. The zero-order chi connectivity index (χ0) is 16.4. The second kappa shape index (κ2) is 6.68. The Balaban J connectivity index is 1.84. The molecule has 122 valence electrons. The van der Waals surface area contributed by atoms with E-state index in [0.29, 0.717) is 5.92 Å². The molecule has 0 radical (unpaired) electrons. The van der Waals surface area contributed by atoms with Crippen LogP contribution in [0.4, 0.5) is 0 Å². The average molecular weight is 315 g/mol. The van der Waals surface area contributed by atoms with Crippen LogP contribution in [-0.4, -0.2) is 4.57 Å². The summed E-state index contributed by atoms with van der Waals surface area (Å²) in [6.45, 7) is 0. The maximum atomic E-state index is 2.44. The van der Waals surface area contributed by atoms with E-state index in [0.717, 1.165) is 0 Å². The summed E-state index contributed by atoms with van der Waals surface area (Å²) in [5.74, 6) is 0.701. The molecule has 4 rings (SSSR count). The standard InChI is InChI=1S/C23H25N/c1-24-22-15-9-8-14-20(22)21(17-16-18-10-4-2-5-11-18)23(24)19-12-6-3-7-13-19/h2,4-5,8-11,14-17,19H,3,6-7,12-13H2,1H3/b17-16+. The first-order valence-corrected chi connectivity index (χ1v) is 9.15. The minimum absolute atomic E-state index is 0.701. The van der Waals surface area contributed by atoms with Gasteiger partial charge in [0.25, 0.3) is 0 Å². The van der Waals surface area contributed by atoms with Crippen molar-refractivity contribution in [3.8, 4) is 0 Å². The summed E-state index contributed by atoms with van der Waals surface area (Å²) < 4.78 is 2.44. The molecular weight excluding hydrogens is 290 g/mol. The van der Waals surface area contributed by atoms with Crippen LogP contribution < -0.4 is 0 Å². The van der Waals surface area contributed by atoms with Crippen LogP contribution in [0.15, 0.2) is 54.6 Å². The summed E-state index contributed by atoms with van der Waals surface area (Å²) in [6.07, 6.45) is 11.4. The number of nitrogens with zero attached hydrogens (tertiary/aromatic N) is 1. The van der Waals surface area contributed by atoms with Gasteiger partial charge in [0, 0.05) is 29.2 Å². The Bertz CT molecular complexity index is 848. The number of para-hydroxylation sites is 1. The fourth-order valence-electron chi connectivity index (χ4n) is 4.23. The van der Waals surface area contributed by atoms with Crippen molar-refractivity contribution in [3.63, 3.8) is 0 Å². The molecule has 0 amide bonds. The van der Waals surface area contributed by atoms with E-state index in [2.05, 4.69) is 78.4 Å². The lowest BCUT2D eigenvalue weighted by Crippen LogP contribution is -2.10. The first-order valence-electron chi connectivity index (χ1n) is 9.15. The average Bonchev–Trinajstić information content (AvgIpc) is 2.94. The molecule has 0 aliphatic heterocycles. The quantitative estimate of drug-likeness (QED) is 0.527. The fourth-order valence-corrected chi connectivity index (χ4v) is 4.23. The third-order valence-corrected chi connectivity index (χ3v) is 5.43. The van der Waals surface area contributed by atoms with Gasteiger partial charge in [0.1, 0.15) is 0 Å². The van der Waals surface area contributed by atoms with Crippen molar-refractivity contribution >= 4 is 23.1 Å².